The number of rotatable bonds is 4. The average Bonchev–Trinajstić information content (AvgIpc) is 2.97. The molecule has 0 aliphatic rings. The molecule has 0 saturated carbocycles. The molecule has 0 radical (unpaired) electrons. The van der Waals surface area contributed by atoms with E-state index >= 15 is 0 Å². The van der Waals surface area contributed by atoms with Gasteiger partial charge in [0.25, 0.3) is 5.91 Å². The molecular formula is C21H15ClF6N2O. The highest BCUT2D eigenvalue weighted by Crippen LogP contribution is 2.37. The molecule has 0 bridgehead atoms. The molecule has 1 amide bonds. The van der Waals surface area contributed by atoms with Crippen molar-refractivity contribution < 1.29 is 31.1 Å². The number of carbonyl (C=O) groups is 1. The van der Waals surface area contributed by atoms with Crippen LogP contribution in [0.25, 0.3) is 11.3 Å². The molecule has 3 aromatic rings. The molecule has 0 aliphatic carbocycles. The molecule has 0 fully saturated rings. The smallest absolute Gasteiger partial charge is 0.366 e. The van der Waals surface area contributed by atoms with E-state index in [1.54, 1.807) is 24.3 Å². The molecule has 3 nitrogen and oxygen atoms in total. The van der Waals surface area contributed by atoms with Crippen LogP contribution in [0.5, 0.6) is 0 Å². The van der Waals surface area contributed by atoms with E-state index < -0.39 is 29.4 Å². The zero-order valence-corrected chi connectivity index (χ0v) is 16.7. The molecular weight excluding hydrogens is 446 g/mol. The zero-order chi connectivity index (χ0) is 23.1. The maximum Gasteiger partial charge on any atom is 0.416 e. The Morgan fingerprint density at radius 1 is 0.935 bits per heavy atom. The Kier molecular flexibility index (Phi) is 5.84. The van der Waals surface area contributed by atoms with Crippen LogP contribution in [0.4, 0.5) is 26.3 Å². The van der Waals surface area contributed by atoms with Gasteiger partial charge in [-0.25, -0.2) is 0 Å². The summed E-state index contributed by atoms with van der Waals surface area (Å²) in [5, 5.41) is 0.432. The molecule has 1 aromatic heterocycles. The number of nitrogens with zero attached hydrogens (tertiary/aromatic N) is 1. The van der Waals surface area contributed by atoms with Crippen LogP contribution >= 0.6 is 11.6 Å². The first-order chi connectivity index (χ1) is 14.3. The van der Waals surface area contributed by atoms with Crippen molar-refractivity contribution in [3.8, 4) is 11.3 Å². The third-order valence-corrected chi connectivity index (χ3v) is 5.01. The number of primary amides is 1. The average molecular weight is 461 g/mol. The number of hydrogen-bond donors (Lipinski definition) is 1. The number of nitrogens with two attached hydrogens (primary N) is 1. The second-order valence-electron chi connectivity index (χ2n) is 6.90. The summed E-state index contributed by atoms with van der Waals surface area (Å²) in [6.07, 6.45) is -9.92. The van der Waals surface area contributed by atoms with E-state index in [1.165, 1.54) is 17.6 Å². The van der Waals surface area contributed by atoms with E-state index in [1.807, 2.05) is 0 Å². The third-order valence-electron chi connectivity index (χ3n) is 4.76. The van der Waals surface area contributed by atoms with Crippen LogP contribution in [0.1, 0.15) is 32.7 Å². The fourth-order valence-corrected chi connectivity index (χ4v) is 3.38. The minimum atomic E-state index is -4.96. The molecule has 2 aromatic carbocycles. The van der Waals surface area contributed by atoms with Gasteiger partial charge in [-0.1, -0.05) is 23.7 Å². The van der Waals surface area contributed by atoms with Crippen molar-refractivity contribution in [2.24, 2.45) is 5.73 Å². The first-order valence-corrected chi connectivity index (χ1v) is 9.19. The van der Waals surface area contributed by atoms with E-state index in [0.29, 0.717) is 34.1 Å². The summed E-state index contributed by atoms with van der Waals surface area (Å²) in [6, 6.07) is 9.20. The number of hydrogen-bond acceptors (Lipinski definition) is 1. The van der Waals surface area contributed by atoms with Gasteiger partial charge in [0.15, 0.2) is 0 Å². The summed E-state index contributed by atoms with van der Waals surface area (Å²) in [6.45, 7) is 1.17. The Morgan fingerprint density at radius 2 is 1.45 bits per heavy atom. The first kappa shape index (κ1) is 22.7. The fourth-order valence-electron chi connectivity index (χ4n) is 3.25. The Labute approximate surface area is 178 Å². The normalized spacial score (nSPS) is 12.3. The van der Waals surface area contributed by atoms with Crippen molar-refractivity contribution >= 4 is 17.5 Å². The number of alkyl halides is 6. The van der Waals surface area contributed by atoms with Crippen LogP contribution in [-0.2, 0) is 18.9 Å². The number of carbonyl (C=O) groups excluding carboxylic acids is 1. The van der Waals surface area contributed by atoms with Gasteiger partial charge in [0, 0.05) is 23.0 Å². The lowest BCUT2D eigenvalue weighted by molar-refractivity contribution is -0.143. The van der Waals surface area contributed by atoms with Gasteiger partial charge >= 0.3 is 12.4 Å². The Hall–Kier alpha value is -2.94. The third kappa shape index (κ3) is 4.87. The van der Waals surface area contributed by atoms with Gasteiger partial charge in [-0.2, -0.15) is 26.3 Å². The molecule has 10 heteroatoms. The fraction of sp³-hybridized carbons (Fsp3) is 0.190. The molecule has 164 valence electrons. The minimum Gasteiger partial charge on any atom is -0.366 e. The van der Waals surface area contributed by atoms with Crippen LogP contribution in [-0.4, -0.2) is 10.5 Å². The lowest BCUT2D eigenvalue weighted by Gasteiger charge is -2.17. The molecule has 0 saturated heterocycles. The molecule has 0 unspecified atom stereocenters. The van der Waals surface area contributed by atoms with Gasteiger partial charge in [0.2, 0.25) is 0 Å². The van der Waals surface area contributed by atoms with Crippen LogP contribution in [0.3, 0.4) is 0 Å². The number of amides is 1. The predicted octanol–water partition coefficient (Wildman–Crippen LogP) is 6.30. The quantitative estimate of drug-likeness (QED) is 0.456. The number of benzene rings is 2. The number of halogens is 7. The van der Waals surface area contributed by atoms with Gasteiger partial charge in [-0.3, -0.25) is 4.79 Å². The van der Waals surface area contributed by atoms with Gasteiger partial charge in [-0.15, -0.1) is 0 Å². The largest absolute Gasteiger partial charge is 0.416 e. The Bertz CT molecular complexity index is 1100. The monoisotopic (exact) mass is 460 g/mol. The van der Waals surface area contributed by atoms with E-state index in [4.69, 9.17) is 17.3 Å². The van der Waals surface area contributed by atoms with Crippen LogP contribution in [0.15, 0.2) is 48.5 Å². The molecule has 0 atom stereocenters. The second kappa shape index (κ2) is 7.96. The van der Waals surface area contributed by atoms with Crippen molar-refractivity contribution in [1.29, 1.82) is 0 Å². The summed E-state index contributed by atoms with van der Waals surface area (Å²) in [5.74, 6) is -0.772. The maximum atomic E-state index is 13.2. The van der Waals surface area contributed by atoms with Gasteiger partial charge in [0.05, 0.1) is 16.7 Å². The van der Waals surface area contributed by atoms with Crippen LogP contribution in [0.2, 0.25) is 5.02 Å². The summed E-state index contributed by atoms with van der Waals surface area (Å²) in [7, 11) is 0. The molecule has 2 N–H and O–H groups in total. The van der Waals surface area contributed by atoms with Crippen molar-refractivity contribution in [1.82, 2.24) is 4.57 Å². The first-order valence-electron chi connectivity index (χ1n) is 8.81. The topological polar surface area (TPSA) is 48.0 Å². The summed E-state index contributed by atoms with van der Waals surface area (Å²) < 4.78 is 80.6. The van der Waals surface area contributed by atoms with E-state index in [9.17, 15) is 31.1 Å². The summed E-state index contributed by atoms with van der Waals surface area (Å²) in [5.41, 5.74) is 3.70. The van der Waals surface area contributed by atoms with Crippen molar-refractivity contribution in [3.05, 3.63) is 81.5 Å². The number of aromatic nitrogens is 1. The van der Waals surface area contributed by atoms with Crippen molar-refractivity contribution in [3.63, 3.8) is 0 Å². The van der Waals surface area contributed by atoms with Gasteiger partial charge in [0.1, 0.15) is 0 Å². The van der Waals surface area contributed by atoms with Crippen LogP contribution in [0, 0.1) is 6.92 Å². The lowest BCUT2D eigenvalue weighted by atomic mass is 10.0. The second-order valence-corrected chi connectivity index (χ2v) is 7.34. The lowest BCUT2D eigenvalue weighted by Crippen LogP contribution is -2.14. The molecule has 0 spiro atoms. The van der Waals surface area contributed by atoms with Gasteiger partial charge in [-0.05, 0) is 54.4 Å². The van der Waals surface area contributed by atoms with E-state index in [0.717, 1.165) is 0 Å². The summed E-state index contributed by atoms with van der Waals surface area (Å²) in [4.78, 5) is 11.8. The van der Waals surface area contributed by atoms with Gasteiger partial charge < -0.3 is 10.3 Å². The Balaban J connectivity index is 2.18. The Morgan fingerprint density at radius 3 is 1.90 bits per heavy atom. The SMILES string of the molecule is Cc1c(C(N)=O)cc(-c2ccc(Cl)cc2)n1Cc1cc(C(F)(F)F)cc(C(F)(F)F)c1. The molecule has 31 heavy (non-hydrogen) atoms. The highest BCUT2D eigenvalue weighted by Gasteiger charge is 2.37. The maximum absolute atomic E-state index is 13.2. The highest BCUT2D eigenvalue weighted by molar-refractivity contribution is 6.30. The minimum absolute atomic E-state index is 0.0704. The zero-order valence-electron chi connectivity index (χ0n) is 15.9. The molecule has 0 aliphatic heterocycles. The standard InChI is InChI=1S/C21H15ClF6N2O/c1-11-17(19(29)31)9-18(13-2-4-16(22)5-3-13)30(11)10-12-6-14(20(23,24)25)8-15(7-12)21(26,27)28/h2-9H,10H2,1H3,(H2,29,31). The highest BCUT2D eigenvalue weighted by atomic mass is 35.5. The van der Waals surface area contributed by atoms with Crippen LogP contribution < -0.4 is 5.73 Å². The summed E-state index contributed by atoms with van der Waals surface area (Å²) >= 11 is 5.88. The van der Waals surface area contributed by atoms with E-state index in [-0.39, 0.29) is 23.7 Å². The predicted molar refractivity (Wildman–Crippen MR) is 104 cm³/mol. The van der Waals surface area contributed by atoms with Crippen molar-refractivity contribution in [2.75, 3.05) is 0 Å². The van der Waals surface area contributed by atoms with E-state index in [2.05, 4.69) is 0 Å². The molecule has 3 rings (SSSR count). The molecule has 1 heterocycles. The van der Waals surface area contributed by atoms with Crippen molar-refractivity contribution in [2.45, 2.75) is 25.8 Å².